The van der Waals surface area contributed by atoms with Crippen molar-refractivity contribution in [3.8, 4) is 11.8 Å². The molecule has 120 valence electrons. The van der Waals surface area contributed by atoms with Gasteiger partial charge in [-0.15, -0.1) is 0 Å². The lowest BCUT2D eigenvalue weighted by Gasteiger charge is -2.08. The number of nitriles is 1. The highest BCUT2D eigenvalue weighted by Crippen LogP contribution is 2.20. The van der Waals surface area contributed by atoms with Gasteiger partial charge in [0.1, 0.15) is 11.6 Å². The minimum Gasteiger partial charge on any atom is -0.304 e. The molecule has 0 atom stereocenters. The molecule has 1 N–H and O–H groups in total. The van der Waals surface area contributed by atoms with E-state index in [0.29, 0.717) is 10.4 Å². The maximum absolute atomic E-state index is 12.5. The summed E-state index contributed by atoms with van der Waals surface area (Å²) in [6, 6.07) is 11.9. The highest BCUT2D eigenvalue weighted by molar-refractivity contribution is 6.03. The van der Waals surface area contributed by atoms with Crippen LogP contribution in [0.1, 0.15) is 22.6 Å². The predicted octanol–water partition coefficient (Wildman–Crippen LogP) is 2.59. The Hall–Kier alpha value is -3.54. The van der Waals surface area contributed by atoms with Crippen molar-refractivity contribution in [1.82, 2.24) is 19.6 Å². The van der Waals surface area contributed by atoms with Gasteiger partial charge in [-0.2, -0.15) is 24.2 Å². The van der Waals surface area contributed by atoms with Gasteiger partial charge in [-0.1, -0.05) is 18.2 Å². The van der Waals surface area contributed by atoms with Crippen LogP contribution in [0.5, 0.6) is 0 Å². The molecule has 0 aliphatic heterocycles. The second-order valence-corrected chi connectivity index (χ2v) is 4.68. The number of amides is 1. The fraction of sp³-hybridized carbons (Fsp3) is 0.0667. The molecule has 0 bridgehead atoms. The van der Waals surface area contributed by atoms with Gasteiger partial charge < -0.3 is 5.32 Å². The summed E-state index contributed by atoms with van der Waals surface area (Å²) in [6.45, 7) is -2.84. The van der Waals surface area contributed by atoms with Crippen LogP contribution in [0.2, 0.25) is 0 Å². The largest absolute Gasteiger partial charge is 0.333 e. The molecule has 0 saturated heterocycles. The van der Waals surface area contributed by atoms with Crippen molar-refractivity contribution in [2.24, 2.45) is 0 Å². The summed E-state index contributed by atoms with van der Waals surface area (Å²) in [5.74, 6) is -0.580. The molecule has 7 nitrogen and oxygen atoms in total. The topological polar surface area (TPSA) is 88.5 Å². The molecule has 0 saturated carbocycles. The van der Waals surface area contributed by atoms with E-state index in [1.807, 2.05) is 12.1 Å². The third-order valence-corrected chi connectivity index (χ3v) is 3.16. The molecule has 1 aromatic carbocycles. The van der Waals surface area contributed by atoms with E-state index in [1.54, 1.807) is 24.3 Å². The Kier molecular flexibility index (Phi) is 4.03. The third-order valence-electron chi connectivity index (χ3n) is 3.16. The Morgan fingerprint density at radius 1 is 1.25 bits per heavy atom. The first kappa shape index (κ1) is 15.4. The number of carbonyl (C=O) groups excluding carboxylic acids is 1. The van der Waals surface area contributed by atoms with Crippen molar-refractivity contribution < 1.29 is 13.6 Å². The van der Waals surface area contributed by atoms with Crippen LogP contribution in [0, 0.1) is 11.3 Å². The van der Waals surface area contributed by atoms with E-state index in [1.165, 1.54) is 10.9 Å². The Morgan fingerprint density at radius 2 is 2.00 bits per heavy atom. The molecule has 9 heteroatoms. The lowest BCUT2D eigenvalue weighted by atomic mass is 10.3. The van der Waals surface area contributed by atoms with Crippen LogP contribution in [0.25, 0.3) is 5.69 Å². The summed E-state index contributed by atoms with van der Waals surface area (Å²) in [6.07, 6.45) is 2.31. The predicted molar refractivity (Wildman–Crippen MR) is 79.7 cm³/mol. The van der Waals surface area contributed by atoms with E-state index < -0.39 is 12.5 Å². The Morgan fingerprint density at radius 3 is 2.62 bits per heavy atom. The fourth-order valence-electron chi connectivity index (χ4n) is 2.05. The first-order valence-corrected chi connectivity index (χ1v) is 6.78. The molecular weight excluding hydrogens is 318 g/mol. The Bertz CT molecular complexity index is 910. The van der Waals surface area contributed by atoms with Gasteiger partial charge in [0.05, 0.1) is 11.9 Å². The second kappa shape index (κ2) is 6.29. The molecule has 1 amide bonds. The number of carbonyl (C=O) groups is 1. The summed E-state index contributed by atoms with van der Waals surface area (Å²) < 4.78 is 26.8. The molecule has 0 radical (unpaired) electrons. The van der Waals surface area contributed by atoms with E-state index in [0.717, 1.165) is 12.3 Å². The minimum atomic E-state index is -2.84. The van der Waals surface area contributed by atoms with Crippen LogP contribution in [0.4, 0.5) is 14.6 Å². The van der Waals surface area contributed by atoms with Gasteiger partial charge in [-0.05, 0) is 18.2 Å². The molecule has 2 heterocycles. The molecule has 3 aromatic rings. The van der Waals surface area contributed by atoms with Gasteiger partial charge in [0.2, 0.25) is 0 Å². The monoisotopic (exact) mass is 328 g/mol. The summed E-state index contributed by atoms with van der Waals surface area (Å²) in [7, 11) is 0. The normalized spacial score (nSPS) is 10.6. The number of alkyl halides is 2. The number of nitrogens with zero attached hydrogens (tertiary/aromatic N) is 5. The molecule has 0 unspecified atom stereocenters. The van der Waals surface area contributed by atoms with Crippen molar-refractivity contribution in [3.05, 3.63) is 60.0 Å². The van der Waals surface area contributed by atoms with Crippen LogP contribution < -0.4 is 5.32 Å². The van der Waals surface area contributed by atoms with E-state index in [-0.39, 0.29) is 17.1 Å². The van der Waals surface area contributed by atoms with Gasteiger partial charge in [0.25, 0.3) is 5.91 Å². The number of hydrogen-bond donors (Lipinski definition) is 1. The standard InChI is InChI=1S/C15H10F2N6O/c16-15(17)22-7-6-12(21-22)14(24)20-13-10(8-18)9-19-23(13)11-4-2-1-3-5-11/h1-7,9,15H,(H,20,24). The van der Waals surface area contributed by atoms with Crippen molar-refractivity contribution in [1.29, 1.82) is 5.26 Å². The zero-order chi connectivity index (χ0) is 17.1. The number of rotatable bonds is 4. The van der Waals surface area contributed by atoms with Crippen LogP contribution in [0.15, 0.2) is 48.8 Å². The molecule has 0 aliphatic rings. The highest BCUT2D eigenvalue weighted by Gasteiger charge is 2.18. The number of halogens is 2. The average molecular weight is 328 g/mol. The van der Waals surface area contributed by atoms with Gasteiger partial charge in [-0.3, -0.25) is 4.79 Å². The first-order chi connectivity index (χ1) is 11.6. The van der Waals surface area contributed by atoms with Crippen LogP contribution >= 0.6 is 0 Å². The maximum Gasteiger partial charge on any atom is 0.333 e. The summed E-state index contributed by atoms with van der Waals surface area (Å²) in [5, 5.41) is 19.2. The Labute approximate surface area is 134 Å². The summed E-state index contributed by atoms with van der Waals surface area (Å²) >= 11 is 0. The summed E-state index contributed by atoms with van der Waals surface area (Å²) in [4.78, 5) is 12.2. The van der Waals surface area contributed by atoms with Gasteiger partial charge >= 0.3 is 6.55 Å². The number of para-hydroxylation sites is 1. The van der Waals surface area contributed by atoms with E-state index in [9.17, 15) is 13.6 Å². The third kappa shape index (κ3) is 2.85. The molecule has 3 rings (SSSR count). The maximum atomic E-state index is 12.5. The molecule has 24 heavy (non-hydrogen) atoms. The zero-order valence-corrected chi connectivity index (χ0v) is 12.1. The van der Waals surface area contributed by atoms with Crippen molar-refractivity contribution in [2.75, 3.05) is 5.32 Å². The zero-order valence-electron chi connectivity index (χ0n) is 12.1. The molecule has 0 fully saturated rings. The van der Waals surface area contributed by atoms with E-state index in [2.05, 4.69) is 15.5 Å². The van der Waals surface area contributed by atoms with Gasteiger partial charge in [-0.25, -0.2) is 9.36 Å². The quantitative estimate of drug-likeness (QED) is 0.797. The van der Waals surface area contributed by atoms with E-state index >= 15 is 0 Å². The van der Waals surface area contributed by atoms with Crippen LogP contribution in [-0.2, 0) is 0 Å². The van der Waals surface area contributed by atoms with Gasteiger partial charge in [0.15, 0.2) is 11.5 Å². The molecule has 0 aliphatic carbocycles. The van der Waals surface area contributed by atoms with Crippen molar-refractivity contribution >= 4 is 11.7 Å². The Balaban J connectivity index is 1.93. The van der Waals surface area contributed by atoms with E-state index in [4.69, 9.17) is 5.26 Å². The number of hydrogen-bond acceptors (Lipinski definition) is 4. The minimum absolute atomic E-state index is 0.139. The van der Waals surface area contributed by atoms with Crippen LogP contribution in [-0.4, -0.2) is 25.5 Å². The second-order valence-electron chi connectivity index (χ2n) is 4.68. The average Bonchev–Trinajstić information content (AvgIpc) is 3.22. The smallest absolute Gasteiger partial charge is 0.304 e. The number of nitrogens with one attached hydrogen (secondary N) is 1. The van der Waals surface area contributed by atoms with Crippen molar-refractivity contribution in [3.63, 3.8) is 0 Å². The number of benzene rings is 1. The first-order valence-electron chi connectivity index (χ1n) is 6.78. The number of aromatic nitrogens is 4. The van der Waals surface area contributed by atoms with Crippen LogP contribution in [0.3, 0.4) is 0 Å². The lowest BCUT2D eigenvalue weighted by molar-refractivity contribution is 0.0561. The molecular formula is C15H10F2N6O. The van der Waals surface area contributed by atoms with Gasteiger partial charge in [0, 0.05) is 6.20 Å². The van der Waals surface area contributed by atoms with Crippen molar-refractivity contribution in [2.45, 2.75) is 6.55 Å². The lowest BCUT2D eigenvalue weighted by Crippen LogP contribution is -2.17. The summed E-state index contributed by atoms with van der Waals surface area (Å²) in [5.41, 5.74) is 0.577. The molecule has 2 aromatic heterocycles. The highest BCUT2D eigenvalue weighted by atomic mass is 19.3. The fourth-order valence-corrected chi connectivity index (χ4v) is 2.05. The molecule has 0 spiro atoms. The number of anilines is 1. The SMILES string of the molecule is N#Cc1cnn(-c2ccccc2)c1NC(=O)c1ccn(C(F)F)n1.